The highest BCUT2D eigenvalue weighted by Crippen LogP contribution is 2.52. The number of pyridine rings is 1. The highest BCUT2D eigenvalue weighted by Gasteiger charge is 2.38. The van der Waals surface area contributed by atoms with Gasteiger partial charge in [0, 0.05) is 43.1 Å². The van der Waals surface area contributed by atoms with Crippen molar-refractivity contribution in [3.63, 3.8) is 0 Å². The summed E-state index contributed by atoms with van der Waals surface area (Å²) in [6.07, 6.45) is 8.31. The lowest BCUT2D eigenvalue weighted by Crippen LogP contribution is -2.40. The molecule has 0 spiro atoms. The number of ether oxygens (including phenoxy) is 1. The van der Waals surface area contributed by atoms with Gasteiger partial charge < -0.3 is 20.3 Å². The molecule has 0 radical (unpaired) electrons. The van der Waals surface area contributed by atoms with Gasteiger partial charge in [0.05, 0.1) is 30.0 Å². The molecular weight excluding hydrogens is 488 g/mol. The van der Waals surface area contributed by atoms with Gasteiger partial charge in [-0.25, -0.2) is 13.4 Å². The Hall–Kier alpha value is -3.24. The van der Waals surface area contributed by atoms with Crippen molar-refractivity contribution in [3.8, 4) is 5.75 Å². The van der Waals surface area contributed by atoms with Crippen molar-refractivity contribution < 1.29 is 13.2 Å². The van der Waals surface area contributed by atoms with E-state index >= 15 is 0 Å². The Bertz CT molecular complexity index is 1350. The van der Waals surface area contributed by atoms with Crippen molar-refractivity contribution in [1.29, 1.82) is 0 Å². The number of hydrogen-bond acceptors (Lipinski definition) is 9. The summed E-state index contributed by atoms with van der Waals surface area (Å²) in [6.45, 7) is 2.67. The molecule has 3 aromatic rings. The molecule has 2 bridgehead atoms. The first-order chi connectivity index (χ1) is 18.0. The van der Waals surface area contributed by atoms with Gasteiger partial charge in [-0.1, -0.05) is 0 Å². The number of fused-ring (bicyclic) bond motifs is 5. The Morgan fingerprint density at radius 2 is 1.78 bits per heavy atom. The lowest BCUT2D eigenvalue weighted by Gasteiger charge is -2.26. The summed E-state index contributed by atoms with van der Waals surface area (Å²) in [7, 11) is -2.83. The van der Waals surface area contributed by atoms with E-state index in [0.717, 1.165) is 30.1 Å². The van der Waals surface area contributed by atoms with E-state index in [4.69, 9.17) is 9.72 Å². The van der Waals surface area contributed by atoms with Crippen LogP contribution in [0.25, 0.3) is 0 Å². The third kappa shape index (κ3) is 5.70. The van der Waals surface area contributed by atoms with Crippen molar-refractivity contribution in [2.45, 2.75) is 37.5 Å². The first-order valence-electron chi connectivity index (χ1n) is 13.0. The number of benzene rings is 1. The summed E-state index contributed by atoms with van der Waals surface area (Å²) < 4.78 is 28.9. The van der Waals surface area contributed by atoms with E-state index < -0.39 is 9.84 Å². The average Bonchev–Trinajstić information content (AvgIpc) is 3.51. The molecule has 1 aromatic carbocycles. The van der Waals surface area contributed by atoms with Gasteiger partial charge in [0.15, 0.2) is 9.84 Å². The Morgan fingerprint density at radius 1 is 0.973 bits per heavy atom. The van der Waals surface area contributed by atoms with Crippen LogP contribution in [0.15, 0.2) is 48.8 Å². The molecule has 9 nitrogen and oxygen atoms in total. The van der Waals surface area contributed by atoms with Gasteiger partial charge >= 0.3 is 0 Å². The molecule has 0 amide bonds. The lowest BCUT2D eigenvalue weighted by atomic mass is 9.96. The molecule has 1 saturated carbocycles. The van der Waals surface area contributed by atoms with Crippen molar-refractivity contribution in [2.75, 3.05) is 48.4 Å². The quantitative estimate of drug-likeness (QED) is 0.401. The summed E-state index contributed by atoms with van der Waals surface area (Å²) in [5.74, 6) is 3.86. The van der Waals surface area contributed by atoms with Gasteiger partial charge in [0.1, 0.15) is 11.6 Å². The van der Waals surface area contributed by atoms with Gasteiger partial charge in [-0.3, -0.25) is 4.98 Å². The van der Waals surface area contributed by atoms with Gasteiger partial charge in [-0.15, -0.1) is 0 Å². The second-order valence-corrected chi connectivity index (χ2v) is 12.4. The Balaban J connectivity index is 0.988. The van der Waals surface area contributed by atoms with Crippen molar-refractivity contribution in [1.82, 2.24) is 19.9 Å². The van der Waals surface area contributed by atoms with Gasteiger partial charge in [-0.2, -0.15) is 4.98 Å². The van der Waals surface area contributed by atoms with Crippen molar-refractivity contribution >= 4 is 33.0 Å². The van der Waals surface area contributed by atoms with Gasteiger partial charge in [0.2, 0.25) is 5.95 Å². The Kier molecular flexibility index (Phi) is 6.69. The van der Waals surface area contributed by atoms with Crippen LogP contribution in [-0.4, -0.2) is 66.0 Å². The molecule has 2 aliphatic carbocycles. The minimum absolute atomic E-state index is 0.261. The molecule has 3 aliphatic rings. The zero-order valence-electron chi connectivity index (χ0n) is 20.8. The highest BCUT2D eigenvalue weighted by atomic mass is 32.2. The molecule has 194 valence electrons. The third-order valence-electron chi connectivity index (χ3n) is 7.57. The number of nitrogens with one attached hydrogen (secondary N) is 2. The van der Waals surface area contributed by atoms with Crippen LogP contribution >= 0.6 is 0 Å². The predicted molar refractivity (Wildman–Crippen MR) is 144 cm³/mol. The Labute approximate surface area is 217 Å². The summed E-state index contributed by atoms with van der Waals surface area (Å²) in [4.78, 5) is 15.9. The SMILES string of the molecule is O=S1(=O)CCN(CCCOc2ccc(Nc3nccc(Nc4cnc5c(c4)C4CCC5C4)n3)cc2)CC1. The third-order valence-corrected chi connectivity index (χ3v) is 9.18. The number of rotatable bonds is 9. The lowest BCUT2D eigenvalue weighted by molar-refractivity contribution is 0.246. The van der Waals surface area contributed by atoms with Crippen molar-refractivity contribution in [2.24, 2.45) is 0 Å². The fraction of sp³-hybridized carbons (Fsp3) is 0.444. The molecule has 10 heteroatoms. The molecule has 2 aromatic heterocycles. The normalized spacial score (nSPS) is 21.9. The first kappa shape index (κ1) is 24.1. The largest absolute Gasteiger partial charge is 0.494 e. The van der Waals surface area contributed by atoms with E-state index in [1.165, 1.54) is 30.5 Å². The molecule has 1 aliphatic heterocycles. The van der Waals surface area contributed by atoms with Crippen LogP contribution in [0, 0.1) is 0 Å². The van der Waals surface area contributed by atoms with E-state index in [0.29, 0.717) is 43.3 Å². The molecule has 37 heavy (non-hydrogen) atoms. The van der Waals surface area contributed by atoms with Crippen LogP contribution in [0.1, 0.15) is 48.8 Å². The molecule has 1 saturated heterocycles. The number of nitrogens with zero attached hydrogens (tertiary/aromatic N) is 4. The summed E-state index contributed by atoms with van der Waals surface area (Å²) in [5.41, 5.74) is 4.52. The monoisotopic (exact) mass is 520 g/mol. The minimum atomic E-state index is -2.83. The van der Waals surface area contributed by atoms with E-state index in [9.17, 15) is 8.42 Å². The molecule has 2 unspecified atom stereocenters. The molecule has 2 fully saturated rings. The van der Waals surface area contributed by atoms with Crippen molar-refractivity contribution in [3.05, 3.63) is 60.0 Å². The van der Waals surface area contributed by atoms with E-state index in [2.05, 4.69) is 31.6 Å². The van der Waals surface area contributed by atoms with Gasteiger partial charge in [0.25, 0.3) is 0 Å². The topological polar surface area (TPSA) is 109 Å². The number of sulfone groups is 1. The standard InChI is InChI=1S/C27H32N6O3S/c34-37(35)14-11-33(12-15-37)10-1-13-36-23-6-4-21(5-7-23)31-27-28-9-8-25(32-27)30-22-17-24-19-2-3-20(16-19)26(24)29-18-22/h4-9,17-20H,1-3,10-16H2,(H2,28,30,31,32). The van der Waals surface area contributed by atoms with E-state index in [1.807, 2.05) is 36.5 Å². The molecule has 3 heterocycles. The molecule has 2 atom stereocenters. The van der Waals surface area contributed by atoms with Crippen LogP contribution in [0.3, 0.4) is 0 Å². The predicted octanol–water partition coefficient (Wildman–Crippen LogP) is 4.22. The molecule has 6 rings (SSSR count). The maximum atomic E-state index is 11.5. The van der Waals surface area contributed by atoms with Crippen LogP contribution in [0.5, 0.6) is 5.75 Å². The number of hydrogen-bond donors (Lipinski definition) is 2. The number of anilines is 4. The van der Waals surface area contributed by atoms with Gasteiger partial charge in [-0.05, 0) is 73.6 Å². The van der Waals surface area contributed by atoms with E-state index in [-0.39, 0.29) is 11.5 Å². The van der Waals surface area contributed by atoms with Crippen LogP contribution < -0.4 is 15.4 Å². The second kappa shape index (κ2) is 10.3. The average molecular weight is 521 g/mol. The van der Waals surface area contributed by atoms with E-state index in [1.54, 1.807) is 6.20 Å². The smallest absolute Gasteiger partial charge is 0.229 e. The fourth-order valence-electron chi connectivity index (χ4n) is 5.59. The first-order valence-corrected chi connectivity index (χ1v) is 14.9. The van der Waals surface area contributed by atoms with Crippen LogP contribution in [0.2, 0.25) is 0 Å². The zero-order valence-corrected chi connectivity index (χ0v) is 21.6. The minimum Gasteiger partial charge on any atom is -0.494 e. The van der Waals surface area contributed by atoms with Crippen LogP contribution in [0.4, 0.5) is 23.1 Å². The molecular formula is C27H32N6O3S. The summed E-state index contributed by atoms with van der Waals surface area (Å²) in [6, 6.07) is 11.8. The fourth-order valence-corrected chi connectivity index (χ4v) is 6.87. The highest BCUT2D eigenvalue weighted by molar-refractivity contribution is 7.91. The summed E-state index contributed by atoms with van der Waals surface area (Å²) >= 11 is 0. The molecule has 2 N–H and O–H groups in total. The Morgan fingerprint density at radius 3 is 2.62 bits per heavy atom. The van der Waals surface area contributed by atoms with Crippen LogP contribution in [-0.2, 0) is 9.84 Å². The number of aromatic nitrogens is 3. The summed E-state index contributed by atoms with van der Waals surface area (Å²) in [5, 5.41) is 6.63. The maximum absolute atomic E-state index is 11.5. The maximum Gasteiger partial charge on any atom is 0.229 e. The zero-order chi connectivity index (χ0) is 25.2. The second-order valence-electron chi connectivity index (χ2n) is 10.1.